The summed E-state index contributed by atoms with van der Waals surface area (Å²) < 4.78 is 43.3. The second-order valence-electron chi connectivity index (χ2n) is 6.13. The highest BCUT2D eigenvalue weighted by molar-refractivity contribution is 5.30. The molecule has 1 aromatic rings. The van der Waals surface area contributed by atoms with Gasteiger partial charge in [0.25, 0.3) is 0 Å². The number of nitrogens with one attached hydrogen (secondary N) is 1. The molecule has 2 nitrogen and oxygen atoms in total. The van der Waals surface area contributed by atoms with Crippen molar-refractivity contribution in [1.82, 2.24) is 5.32 Å². The normalized spacial score (nSPS) is 16.2. The molecule has 0 heterocycles. The molecule has 0 unspecified atom stereocenters. The Hall–Kier alpha value is -1.23. The lowest BCUT2D eigenvalue weighted by Crippen LogP contribution is -2.35. The SMILES string of the molecule is CC(C)(CNC1CC1)COc1cccc(C(F)(F)F)c1. The first-order valence-electron chi connectivity index (χ1n) is 6.80. The minimum atomic E-state index is -4.33. The van der Waals surface area contributed by atoms with Crippen molar-refractivity contribution in [2.45, 2.75) is 38.9 Å². The fourth-order valence-corrected chi connectivity index (χ4v) is 1.80. The predicted molar refractivity (Wildman–Crippen MR) is 71.7 cm³/mol. The molecular weight excluding hydrogens is 267 g/mol. The lowest BCUT2D eigenvalue weighted by molar-refractivity contribution is -0.137. The van der Waals surface area contributed by atoms with Crippen LogP contribution in [0.2, 0.25) is 0 Å². The van der Waals surface area contributed by atoms with Crippen molar-refractivity contribution in [3.63, 3.8) is 0 Å². The van der Waals surface area contributed by atoms with Gasteiger partial charge in [-0.05, 0) is 31.0 Å². The fraction of sp³-hybridized carbons (Fsp3) is 0.600. The van der Waals surface area contributed by atoms with Crippen LogP contribution in [0.3, 0.4) is 0 Å². The Kier molecular flexibility index (Phi) is 4.28. The van der Waals surface area contributed by atoms with E-state index in [0.29, 0.717) is 12.6 Å². The molecule has 0 aromatic heterocycles. The summed E-state index contributed by atoms with van der Waals surface area (Å²) in [6.45, 7) is 5.26. The molecule has 1 fully saturated rings. The van der Waals surface area contributed by atoms with E-state index in [2.05, 4.69) is 5.32 Å². The molecule has 2 rings (SSSR count). The van der Waals surface area contributed by atoms with Gasteiger partial charge in [0.05, 0.1) is 12.2 Å². The van der Waals surface area contributed by atoms with Crippen molar-refractivity contribution in [2.75, 3.05) is 13.2 Å². The van der Waals surface area contributed by atoms with Gasteiger partial charge in [-0.2, -0.15) is 13.2 Å². The summed E-state index contributed by atoms with van der Waals surface area (Å²) in [5, 5.41) is 3.41. The highest BCUT2D eigenvalue weighted by Crippen LogP contribution is 2.31. The number of hydrogen-bond acceptors (Lipinski definition) is 2. The maximum Gasteiger partial charge on any atom is 0.416 e. The van der Waals surface area contributed by atoms with E-state index in [1.807, 2.05) is 13.8 Å². The van der Waals surface area contributed by atoms with Crippen LogP contribution in [0.1, 0.15) is 32.3 Å². The number of halogens is 3. The number of alkyl halides is 3. The van der Waals surface area contributed by atoms with Crippen molar-refractivity contribution in [3.05, 3.63) is 29.8 Å². The molecule has 0 atom stereocenters. The maximum absolute atomic E-state index is 12.6. The van der Waals surface area contributed by atoms with Crippen molar-refractivity contribution in [1.29, 1.82) is 0 Å². The molecule has 0 saturated heterocycles. The van der Waals surface area contributed by atoms with Crippen molar-refractivity contribution in [2.24, 2.45) is 5.41 Å². The van der Waals surface area contributed by atoms with E-state index in [9.17, 15) is 13.2 Å². The number of ether oxygens (including phenoxy) is 1. The molecule has 0 amide bonds. The van der Waals surface area contributed by atoms with Crippen molar-refractivity contribution >= 4 is 0 Å². The van der Waals surface area contributed by atoms with E-state index in [-0.39, 0.29) is 11.2 Å². The van der Waals surface area contributed by atoms with E-state index in [4.69, 9.17) is 4.74 Å². The van der Waals surface area contributed by atoms with Crippen LogP contribution in [-0.4, -0.2) is 19.2 Å². The van der Waals surface area contributed by atoms with Crippen LogP contribution in [0.4, 0.5) is 13.2 Å². The molecule has 0 spiro atoms. The van der Waals surface area contributed by atoms with E-state index >= 15 is 0 Å². The van der Waals surface area contributed by atoms with E-state index in [1.165, 1.54) is 18.9 Å². The molecular formula is C15H20F3NO. The first-order chi connectivity index (χ1) is 9.26. The van der Waals surface area contributed by atoms with Gasteiger partial charge in [-0.25, -0.2) is 0 Å². The minimum Gasteiger partial charge on any atom is -0.493 e. The third-order valence-corrected chi connectivity index (χ3v) is 3.24. The standard InChI is InChI=1S/C15H20F3NO/c1-14(2,9-19-12-6-7-12)10-20-13-5-3-4-11(8-13)15(16,17)18/h3-5,8,12,19H,6-7,9-10H2,1-2H3. The molecule has 112 valence electrons. The monoisotopic (exact) mass is 287 g/mol. The number of rotatable bonds is 6. The Morgan fingerprint density at radius 1 is 1.25 bits per heavy atom. The smallest absolute Gasteiger partial charge is 0.416 e. The van der Waals surface area contributed by atoms with Gasteiger partial charge in [0.15, 0.2) is 0 Å². The van der Waals surface area contributed by atoms with Crippen molar-refractivity contribution in [3.8, 4) is 5.75 Å². The molecule has 1 aliphatic carbocycles. The number of benzene rings is 1. The van der Waals surface area contributed by atoms with Gasteiger partial charge in [0.2, 0.25) is 0 Å². The van der Waals surface area contributed by atoms with E-state index < -0.39 is 11.7 Å². The lowest BCUT2D eigenvalue weighted by Gasteiger charge is -2.25. The zero-order chi connectivity index (χ0) is 14.8. The average molecular weight is 287 g/mol. The Balaban J connectivity index is 1.89. The van der Waals surface area contributed by atoms with E-state index in [0.717, 1.165) is 18.7 Å². The Morgan fingerprint density at radius 3 is 2.55 bits per heavy atom. The van der Waals surface area contributed by atoms with Gasteiger partial charge < -0.3 is 10.1 Å². The Labute approximate surface area is 117 Å². The van der Waals surface area contributed by atoms with Crippen LogP contribution in [0.25, 0.3) is 0 Å². The molecule has 1 saturated carbocycles. The summed E-state index contributed by atoms with van der Waals surface area (Å²) in [7, 11) is 0. The third-order valence-electron chi connectivity index (χ3n) is 3.24. The molecule has 1 N–H and O–H groups in total. The summed E-state index contributed by atoms with van der Waals surface area (Å²) in [6.07, 6.45) is -1.91. The lowest BCUT2D eigenvalue weighted by atomic mass is 9.95. The summed E-state index contributed by atoms with van der Waals surface area (Å²) in [4.78, 5) is 0. The molecule has 1 aromatic carbocycles. The second-order valence-corrected chi connectivity index (χ2v) is 6.13. The highest BCUT2D eigenvalue weighted by atomic mass is 19.4. The first kappa shape index (κ1) is 15.2. The number of hydrogen-bond donors (Lipinski definition) is 1. The first-order valence-corrected chi connectivity index (χ1v) is 6.80. The molecule has 0 aliphatic heterocycles. The zero-order valence-corrected chi connectivity index (χ0v) is 11.8. The van der Waals surface area contributed by atoms with E-state index in [1.54, 1.807) is 6.07 Å². The fourth-order valence-electron chi connectivity index (χ4n) is 1.80. The molecule has 5 heteroatoms. The van der Waals surface area contributed by atoms with Gasteiger partial charge in [0, 0.05) is 18.0 Å². The van der Waals surface area contributed by atoms with Crippen LogP contribution in [0.5, 0.6) is 5.75 Å². The van der Waals surface area contributed by atoms with Gasteiger partial charge in [0.1, 0.15) is 5.75 Å². The van der Waals surface area contributed by atoms with Crippen LogP contribution in [0.15, 0.2) is 24.3 Å². The predicted octanol–water partition coefficient (Wildman–Crippen LogP) is 3.86. The molecule has 0 radical (unpaired) electrons. The van der Waals surface area contributed by atoms with Crippen LogP contribution >= 0.6 is 0 Å². The quantitative estimate of drug-likeness (QED) is 0.857. The highest BCUT2D eigenvalue weighted by Gasteiger charge is 2.31. The maximum atomic E-state index is 12.6. The molecule has 1 aliphatic rings. The Morgan fingerprint density at radius 2 is 1.95 bits per heavy atom. The van der Waals surface area contributed by atoms with Gasteiger partial charge in [-0.3, -0.25) is 0 Å². The third kappa shape index (κ3) is 4.71. The van der Waals surface area contributed by atoms with Crippen molar-refractivity contribution < 1.29 is 17.9 Å². The minimum absolute atomic E-state index is 0.114. The van der Waals surface area contributed by atoms with Crippen LogP contribution in [0, 0.1) is 5.41 Å². The summed E-state index contributed by atoms with van der Waals surface area (Å²) in [5.74, 6) is 0.263. The van der Waals surface area contributed by atoms with Crippen LogP contribution in [-0.2, 0) is 6.18 Å². The summed E-state index contributed by atoms with van der Waals surface area (Å²) in [5.41, 5.74) is -0.791. The molecule has 0 bridgehead atoms. The summed E-state index contributed by atoms with van der Waals surface area (Å²) in [6, 6.07) is 5.63. The van der Waals surface area contributed by atoms with Gasteiger partial charge >= 0.3 is 6.18 Å². The van der Waals surface area contributed by atoms with Crippen LogP contribution < -0.4 is 10.1 Å². The van der Waals surface area contributed by atoms with Gasteiger partial charge in [-0.1, -0.05) is 19.9 Å². The Bertz CT molecular complexity index is 453. The topological polar surface area (TPSA) is 21.3 Å². The average Bonchev–Trinajstić information content (AvgIpc) is 3.18. The largest absolute Gasteiger partial charge is 0.493 e. The second kappa shape index (κ2) is 5.64. The van der Waals surface area contributed by atoms with Gasteiger partial charge in [-0.15, -0.1) is 0 Å². The summed E-state index contributed by atoms with van der Waals surface area (Å²) >= 11 is 0. The zero-order valence-electron chi connectivity index (χ0n) is 11.8. The molecule has 20 heavy (non-hydrogen) atoms.